The second kappa shape index (κ2) is 7.46. The van der Waals surface area contributed by atoms with Crippen LogP contribution in [0.2, 0.25) is 19.6 Å². The highest BCUT2D eigenvalue weighted by Gasteiger charge is 2.18. The number of rotatable bonds is 9. The summed E-state index contributed by atoms with van der Waals surface area (Å²) in [5.41, 5.74) is 0. The molecule has 0 heterocycles. The van der Waals surface area contributed by atoms with Crippen molar-refractivity contribution < 1.29 is 8.91 Å². The molecule has 0 aliphatic heterocycles. The van der Waals surface area contributed by atoms with E-state index >= 15 is 0 Å². The predicted molar refractivity (Wildman–Crippen MR) is 75.3 cm³/mol. The molecule has 16 heavy (non-hydrogen) atoms. The molecule has 0 atom stereocenters. The summed E-state index contributed by atoms with van der Waals surface area (Å²) < 4.78 is 7.02. The van der Waals surface area contributed by atoms with Crippen LogP contribution in [0, 0.1) is 0 Å². The Bertz CT molecular complexity index is 175. The van der Waals surface area contributed by atoms with Crippen LogP contribution in [0.4, 0.5) is 0 Å². The molecule has 0 rings (SSSR count). The van der Waals surface area contributed by atoms with Gasteiger partial charge in [0.1, 0.15) is 6.54 Å². The fourth-order valence-electron chi connectivity index (χ4n) is 1.68. The topological polar surface area (TPSA) is 9.23 Å². The van der Waals surface area contributed by atoms with E-state index in [0.717, 1.165) is 17.6 Å². The van der Waals surface area contributed by atoms with Crippen LogP contribution in [-0.4, -0.2) is 46.6 Å². The highest BCUT2D eigenvalue weighted by molar-refractivity contribution is 6.69. The number of likely N-dealkylation sites (N-methyl/N-ethyl adjacent to an activating group) is 1. The first-order valence-electron chi connectivity index (χ1n) is 6.73. The lowest BCUT2D eigenvalue weighted by molar-refractivity contribution is -0.890. The summed E-state index contributed by atoms with van der Waals surface area (Å²) in [6.45, 7) is 12.4. The maximum absolute atomic E-state index is 5.92. The minimum Gasteiger partial charge on any atom is -0.412 e. The normalized spacial score (nSPS) is 13.1. The second-order valence-electron chi connectivity index (χ2n) is 6.40. The predicted octanol–water partition coefficient (Wildman–Crippen LogP) is 3.49. The van der Waals surface area contributed by atoms with Crippen LogP contribution in [0.25, 0.3) is 0 Å². The number of quaternary nitrogens is 1. The summed E-state index contributed by atoms with van der Waals surface area (Å²) in [5, 5.41) is 0. The molecule has 0 saturated carbocycles. The summed E-state index contributed by atoms with van der Waals surface area (Å²) in [5.74, 6) is 0. The maximum Gasteiger partial charge on any atom is 0.184 e. The monoisotopic (exact) mass is 246 g/mol. The van der Waals surface area contributed by atoms with E-state index < -0.39 is 8.32 Å². The molecule has 0 aromatic rings. The Hall–Kier alpha value is 0.137. The van der Waals surface area contributed by atoms with E-state index in [1.165, 1.54) is 32.2 Å². The van der Waals surface area contributed by atoms with Gasteiger partial charge in [-0.2, -0.15) is 0 Å². The maximum atomic E-state index is 5.92. The zero-order valence-corrected chi connectivity index (χ0v) is 13.3. The zero-order chi connectivity index (χ0) is 12.7. The molecule has 0 saturated heterocycles. The van der Waals surface area contributed by atoms with E-state index in [9.17, 15) is 0 Å². The van der Waals surface area contributed by atoms with Gasteiger partial charge in [0.05, 0.1) is 27.2 Å². The first-order valence-corrected chi connectivity index (χ1v) is 10.1. The van der Waals surface area contributed by atoms with Gasteiger partial charge in [0.2, 0.25) is 0 Å². The largest absolute Gasteiger partial charge is 0.412 e. The molecular weight excluding hydrogens is 214 g/mol. The van der Waals surface area contributed by atoms with E-state index in [1.54, 1.807) is 0 Å². The quantitative estimate of drug-likeness (QED) is 0.344. The van der Waals surface area contributed by atoms with E-state index in [2.05, 4.69) is 40.7 Å². The van der Waals surface area contributed by atoms with Crippen molar-refractivity contribution >= 4 is 8.32 Å². The highest BCUT2D eigenvalue weighted by Crippen LogP contribution is 2.07. The minimum atomic E-state index is -1.31. The van der Waals surface area contributed by atoms with Gasteiger partial charge in [0.25, 0.3) is 0 Å². The van der Waals surface area contributed by atoms with Gasteiger partial charge in [-0.25, -0.2) is 0 Å². The molecule has 98 valence electrons. The Morgan fingerprint density at radius 1 is 0.938 bits per heavy atom. The van der Waals surface area contributed by atoms with Crippen molar-refractivity contribution in [1.82, 2.24) is 0 Å². The lowest BCUT2D eigenvalue weighted by Crippen LogP contribution is -2.44. The molecule has 0 unspecified atom stereocenters. The standard InChI is InChI=1S/C13H32NOSi/c1-7-8-9-10-11-14(2,3)12-13-15-16(4,5)6/h7-13H2,1-6H3/q+1. The van der Waals surface area contributed by atoms with Gasteiger partial charge in [-0.15, -0.1) is 0 Å². The van der Waals surface area contributed by atoms with E-state index in [0.29, 0.717) is 0 Å². The molecule has 0 aromatic heterocycles. The average Bonchev–Trinajstić information content (AvgIpc) is 2.10. The summed E-state index contributed by atoms with van der Waals surface area (Å²) >= 11 is 0. The van der Waals surface area contributed by atoms with Crippen molar-refractivity contribution in [2.24, 2.45) is 0 Å². The number of hydrogen-bond donors (Lipinski definition) is 0. The summed E-state index contributed by atoms with van der Waals surface area (Å²) in [4.78, 5) is 0. The molecule has 0 N–H and O–H groups in total. The molecule has 0 bridgehead atoms. The van der Waals surface area contributed by atoms with Gasteiger partial charge >= 0.3 is 0 Å². The highest BCUT2D eigenvalue weighted by atomic mass is 28.4. The van der Waals surface area contributed by atoms with E-state index in [-0.39, 0.29) is 0 Å². The minimum absolute atomic E-state index is 0.927. The van der Waals surface area contributed by atoms with Gasteiger partial charge in [0.15, 0.2) is 8.32 Å². The first-order chi connectivity index (χ1) is 7.27. The van der Waals surface area contributed by atoms with Crippen LogP contribution in [-0.2, 0) is 4.43 Å². The van der Waals surface area contributed by atoms with Gasteiger partial charge in [-0.1, -0.05) is 19.8 Å². The zero-order valence-electron chi connectivity index (χ0n) is 12.3. The Balaban J connectivity index is 3.62. The summed E-state index contributed by atoms with van der Waals surface area (Å²) in [6.07, 6.45) is 5.44. The lowest BCUT2D eigenvalue weighted by Gasteiger charge is -2.31. The summed E-state index contributed by atoms with van der Waals surface area (Å²) in [6, 6.07) is 0. The van der Waals surface area contributed by atoms with Gasteiger partial charge in [-0.05, 0) is 32.5 Å². The Morgan fingerprint density at radius 2 is 1.56 bits per heavy atom. The third kappa shape index (κ3) is 10.6. The van der Waals surface area contributed by atoms with E-state index in [1.807, 2.05) is 0 Å². The van der Waals surface area contributed by atoms with Crippen molar-refractivity contribution in [3.63, 3.8) is 0 Å². The fraction of sp³-hybridized carbons (Fsp3) is 1.00. The molecule has 0 aliphatic carbocycles. The number of nitrogens with zero attached hydrogens (tertiary/aromatic N) is 1. The van der Waals surface area contributed by atoms with Crippen molar-refractivity contribution in [2.45, 2.75) is 52.2 Å². The molecule has 0 fully saturated rings. The van der Waals surface area contributed by atoms with Crippen molar-refractivity contribution in [2.75, 3.05) is 33.8 Å². The van der Waals surface area contributed by atoms with Gasteiger partial charge < -0.3 is 8.91 Å². The van der Waals surface area contributed by atoms with Crippen LogP contribution >= 0.6 is 0 Å². The Kier molecular flexibility index (Phi) is 7.52. The Morgan fingerprint density at radius 3 is 2.06 bits per heavy atom. The molecular formula is C13H32NOSi+. The van der Waals surface area contributed by atoms with Crippen LogP contribution < -0.4 is 0 Å². The van der Waals surface area contributed by atoms with Gasteiger partial charge in [-0.3, -0.25) is 0 Å². The average molecular weight is 246 g/mol. The third-order valence-electron chi connectivity index (χ3n) is 2.85. The first kappa shape index (κ1) is 16.1. The molecule has 0 spiro atoms. The van der Waals surface area contributed by atoms with Crippen molar-refractivity contribution in [3.05, 3.63) is 0 Å². The van der Waals surface area contributed by atoms with Crippen LogP contribution in [0.15, 0.2) is 0 Å². The smallest absolute Gasteiger partial charge is 0.184 e. The third-order valence-corrected chi connectivity index (χ3v) is 3.92. The summed E-state index contributed by atoms with van der Waals surface area (Å²) in [7, 11) is 3.33. The van der Waals surface area contributed by atoms with Crippen molar-refractivity contribution in [3.8, 4) is 0 Å². The molecule has 2 nitrogen and oxygen atoms in total. The molecule has 0 amide bonds. The number of hydrogen-bond acceptors (Lipinski definition) is 1. The van der Waals surface area contributed by atoms with E-state index in [4.69, 9.17) is 4.43 Å². The SMILES string of the molecule is CCCCCC[N+](C)(C)CCO[Si](C)(C)C. The lowest BCUT2D eigenvalue weighted by atomic mass is 10.2. The fourth-order valence-corrected chi connectivity index (χ4v) is 2.38. The second-order valence-corrected chi connectivity index (χ2v) is 10.9. The van der Waals surface area contributed by atoms with Crippen LogP contribution in [0.3, 0.4) is 0 Å². The Labute approximate surface area is 104 Å². The molecule has 0 aromatic carbocycles. The molecule has 3 heteroatoms. The van der Waals surface area contributed by atoms with Crippen LogP contribution in [0.1, 0.15) is 32.6 Å². The number of unbranched alkanes of at least 4 members (excludes halogenated alkanes) is 3. The molecule has 0 aliphatic rings. The van der Waals surface area contributed by atoms with Gasteiger partial charge in [0, 0.05) is 0 Å². The van der Waals surface area contributed by atoms with Crippen LogP contribution in [0.5, 0.6) is 0 Å². The molecule has 0 radical (unpaired) electrons. The van der Waals surface area contributed by atoms with Crippen molar-refractivity contribution in [1.29, 1.82) is 0 Å².